The molecule has 1 N–H and O–H groups in total. The molecule has 1 aliphatic rings. The lowest BCUT2D eigenvalue weighted by molar-refractivity contribution is -0.160. The second-order valence-electron chi connectivity index (χ2n) is 12.8. The predicted octanol–water partition coefficient (Wildman–Crippen LogP) is 7.85. The van der Waals surface area contributed by atoms with Gasteiger partial charge in [-0.25, -0.2) is 13.6 Å². The second kappa shape index (κ2) is 12.8. The van der Waals surface area contributed by atoms with Crippen molar-refractivity contribution in [1.29, 1.82) is 0 Å². The molecule has 1 aromatic heterocycles. The number of nitrogens with zero attached hydrogens (tertiary/aromatic N) is 2. The highest BCUT2D eigenvalue weighted by atomic mass is 19.1. The Bertz CT molecular complexity index is 1370. The van der Waals surface area contributed by atoms with Gasteiger partial charge in [0.05, 0.1) is 23.6 Å². The molecule has 0 amide bonds. The molecule has 3 aromatic rings. The zero-order valence-corrected chi connectivity index (χ0v) is 25.5. The number of pyridine rings is 1. The van der Waals surface area contributed by atoms with Crippen molar-refractivity contribution in [2.75, 3.05) is 24.6 Å². The second-order valence-corrected chi connectivity index (χ2v) is 12.8. The number of aliphatic carboxylic acids is 1. The number of hydrogen-bond donors (Lipinski definition) is 1. The highest BCUT2D eigenvalue weighted by molar-refractivity contribution is 5.88. The predicted molar refractivity (Wildman–Crippen MR) is 161 cm³/mol. The molecule has 42 heavy (non-hydrogen) atoms. The Labute approximate surface area is 247 Å². The van der Waals surface area contributed by atoms with E-state index in [4.69, 9.17) is 9.47 Å². The molecule has 0 saturated carbocycles. The fourth-order valence-corrected chi connectivity index (χ4v) is 5.38. The van der Waals surface area contributed by atoms with Crippen LogP contribution >= 0.6 is 0 Å². The fourth-order valence-electron chi connectivity index (χ4n) is 5.38. The molecule has 1 aliphatic heterocycles. The van der Waals surface area contributed by atoms with Crippen molar-refractivity contribution in [1.82, 2.24) is 4.98 Å². The van der Waals surface area contributed by atoms with Crippen LogP contribution in [0.3, 0.4) is 0 Å². The minimum absolute atomic E-state index is 0.156. The van der Waals surface area contributed by atoms with E-state index in [9.17, 15) is 18.7 Å². The number of carboxylic acids is 1. The topological polar surface area (TPSA) is 71.9 Å². The Morgan fingerprint density at radius 2 is 1.69 bits per heavy atom. The SMILES string of the molecule is Cc1nc(CF)c(-c2ccc(OCCc3ccc(F)cc3)cc2)c(N2CCC(C)(C)CC2)c1[C@H](OC(C)(C)C)C(=O)O. The van der Waals surface area contributed by atoms with Gasteiger partial charge in [-0.3, -0.25) is 4.98 Å². The van der Waals surface area contributed by atoms with Gasteiger partial charge in [-0.05, 0) is 81.3 Å². The number of piperidine rings is 1. The van der Waals surface area contributed by atoms with Gasteiger partial charge in [-0.2, -0.15) is 0 Å². The van der Waals surface area contributed by atoms with Gasteiger partial charge >= 0.3 is 5.97 Å². The highest BCUT2D eigenvalue weighted by Crippen LogP contribution is 2.45. The van der Waals surface area contributed by atoms with E-state index in [1.165, 1.54) is 12.1 Å². The average molecular weight is 581 g/mol. The molecule has 1 fully saturated rings. The molecule has 4 rings (SSSR count). The van der Waals surface area contributed by atoms with Crippen LogP contribution in [-0.4, -0.2) is 41.4 Å². The van der Waals surface area contributed by atoms with Crippen LogP contribution in [-0.2, 0) is 22.6 Å². The van der Waals surface area contributed by atoms with Crippen LogP contribution in [0, 0.1) is 18.2 Å². The van der Waals surface area contributed by atoms with Crippen molar-refractivity contribution < 1.29 is 28.2 Å². The number of carbonyl (C=O) groups is 1. The van der Waals surface area contributed by atoms with E-state index in [1.807, 2.05) is 45.0 Å². The van der Waals surface area contributed by atoms with Gasteiger partial charge in [0, 0.05) is 36.3 Å². The van der Waals surface area contributed by atoms with Crippen molar-refractivity contribution in [3.05, 3.63) is 76.9 Å². The van der Waals surface area contributed by atoms with Gasteiger partial charge in [0.25, 0.3) is 0 Å². The molecule has 0 spiro atoms. The summed E-state index contributed by atoms with van der Waals surface area (Å²) in [6.45, 7) is 12.7. The quantitative estimate of drug-likeness (QED) is 0.263. The maximum Gasteiger partial charge on any atom is 0.337 e. The normalized spacial score (nSPS) is 15.9. The molecule has 226 valence electrons. The first-order chi connectivity index (χ1) is 19.8. The summed E-state index contributed by atoms with van der Waals surface area (Å²) in [6, 6.07) is 13.7. The molecule has 6 nitrogen and oxygen atoms in total. The third-order valence-electron chi connectivity index (χ3n) is 7.71. The minimum atomic E-state index is -1.27. The number of benzene rings is 2. The molecule has 8 heteroatoms. The summed E-state index contributed by atoms with van der Waals surface area (Å²) in [5, 5.41) is 10.3. The van der Waals surface area contributed by atoms with Crippen LogP contribution in [0.2, 0.25) is 0 Å². The van der Waals surface area contributed by atoms with Crippen molar-refractivity contribution in [2.24, 2.45) is 5.41 Å². The Kier molecular flexibility index (Phi) is 9.56. The van der Waals surface area contributed by atoms with Crippen LogP contribution in [0.5, 0.6) is 5.75 Å². The van der Waals surface area contributed by atoms with Gasteiger partial charge < -0.3 is 19.5 Å². The third kappa shape index (κ3) is 7.65. The fraction of sp³-hybridized carbons (Fsp3) is 0.471. The van der Waals surface area contributed by atoms with E-state index in [0.29, 0.717) is 54.4 Å². The molecule has 1 atom stereocenters. The Hall–Kier alpha value is -3.52. The maximum absolute atomic E-state index is 14.6. The molecule has 0 radical (unpaired) electrons. The summed E-state index contributed by atoms with van der Waals surface area (Å²) in [5.41, 5.74) is 3.55. The summed E-state index contributed by atoms with van der Waals surface area (Å²) < 4.78 is 39.9. The number of alkyl halides is 1. The van der Waals surface area contributed by atoms with E-state index in [2.05, 4.69) is 23.7 Å². The molecule has 0 unspecified atom stereocenters. The summed E-state index contributed by atoms with van der Waals surface area (Å²) >= 11 is 0. The Morgan fingerprint density at radius 1 is 1.07 bits per heavy atom. The molecule has 2 heterocycles. The lowest BCUT2D eigenvalue weighted by Gasteiger charge is -2.41. The summed E-state index contributed by atoms with van der Waals surface area (Å²) in [7, 11) is 0. The van der Waals surface area contributed by atoms with E-state index < -0.39 is 24.3 Å². The Balaban J connectivity index is 1.75. The number of aromatic nitrogens is 1. The molecular weight excluding hydrogens is 538 g/mol. The standard InChI is InChI=1S/C34H42F2N2O4/c1-22-28(31(32(39)40)42-33(2,3)4)30(38-18-16-34(5,6)17-19-38)29(27(21-35)37-22)24-9-13-26(14-10-24)41-20-15-23-7-11-25(36)12-8-23/h7-14,31H,15-21H2,1-6H3,(H,39,40)/t31-/m0/s1. The number of halogens is 2. The average Bonchev–Trinajstić information content (AvgIpc) is 2.92. The van der Waals surface area contributed by atoms with Gasteiger partial charge in [0.2, 0.25) is 0 Å². The third-order valence-corrected chi connectivity index (χ3v) is 7.71. The first-order valence-electron chi connectivity index (χ1n) is 14.5. The van der Waals surface area contributed by atoms with E-state index in [0.717, 1.165) is 24.0 Å². The number of carboxylic acid groups (broad SMARTS) is 1. The number of hydrogen-bond acceptors (Lipinski definition) is 5. The van der Waals surface area contributed by atoms with E-state index in [1.54, 1.807) is 19.1 Å². The number of anilines is 1. The van der Waals surface area contributed by atoms with Gasteiger partial charge in [-0.1, -0.05) is 38.1 Å². The van der Waals surface area contributed by atoms with E-state index >= 15 is 0 Å². The first-order valence-corrected chi connectivity index (χ1v) is 14.5. The lowest BCUT2D eigenvalue weighted by Crippen LogP contribution is -2.39. The number of aryl methyl sites for hydroxylation is 1. The summed E-state index contributed by atoms with van der Waals surface area (Å²) in [5.74, 6) is -0.745. The van der Waals surface area contributed by atoms with Crippen LogP contribution in [0.25, 0.3) is 11.1 Å². The zero-order chi connectivity index (χ0) is 30.7. The van der Waals surface area contributed by atoms with Crippen LogP contribution in [0.1, 0.15) is 76.1 Å². The smallest absolute Gasteiger partial charge is 0.337 e. The van der Waals surface area contributed by atoms with Crippen LogP contribution in [0.15, 0.2) is 48.5 Å². The van der Waals surface area contributed by atoms with Crippen LogP contribution < -0.4 is 9.64 Å². The molecule has 0 bridgehead atoms. The molecule has 2 aromatic carbocycles. The minimum Gasteiger partial charge on any atom is -0.493 e. The molecular formula is C34H42F2N2O4. The Morgan fingerprint density at radius 3 is 2.24 bits per heavy atom. The lowest BCUT2D eigenvalue weighted by atomic mass is 9.81. The van der Waals surface area contributed by atoms with Gasteiger partial charge in [0.1, 0.15) is 18.2 Å². The van der Waals surface area contributed by atoms with Crippen molar-refractivity contribution in [3.8, 4) is 16.9 Å². The van der Waals surface area contributed by atoms with Gasteiger partial charge in [0.15, 0.2) is 6.10 Å². The number of rotatable bonds is 10. The van der Waals surface area contributed by atoms with Crippen LogP contribution in [0.4, 0.5) is 14.5 Å². The highest BCUT2D eigenvalue weighted by Gasteiger charge is 2.37. The monoisotopic (exact) mass is 580 g/mol. The van der Waals surface area contributed by atoms with Gasteiger partial charge in [-0.15, -0.1) is 0 Å². The van der Waals surface area contributed by atoms with Crippen molar-refractivity contribution in [2.45, 2.75) is 79.2 Å². The van der Waals surface area contributed by atoms with Crippen molar-refractivity contribution >= 4 is 11.7 Å². The summed E-state index contributed by atoms with van der Waals surface area (Å²) in [6.07, 6.45) is 1.18. The molecule has 0 aliphatic carbocycles. The van der Waals surface area contributed by atoms with Crippen molar-refractivity contribution in [3.63, 3.8) is 0 Å². The largest absolute Gasteiger partial charge is 0.493 e. The summed E-state index contributed by atoms with van der Waals surface area (Å²) in [4.78, 5) is 19.4. The first kappa shape index (κ1) is 31.4. The molecule has 1 saturated heterocycles. The van der Waals surface area contributed by atoms with E-state index in [-0.39, 0.29) is 16.9 Å². The maximum atomic E-state index is 14.6. The number of ether oxygens (including phenoxy) is 2. The zero-order valence-electron chi connectivity index (χ0n) is 25.5.